The number of ether oxygens (including phenoxy) is 2. The number of carboxylic acids is 1. The minimum atomic E-state index is -1.01. The van der Waals surface area contributed by atoms with Gasteiger partial charge < -0.3 is 24.0 Å². The van der Waals surface area contributed by atoms with Gasteiger partial charge >= 0.3 is 5.97 Å². The standard InChI is InChI=1S/C23H25N7O4S/c1-5-29-11-24-17-19(29)26-22(28-23-25-12(2)18(35-23)21(31)32)27-20(17)30-7-6-13-8-15(33-3)16(34-4)9-14(13)10-30/h8-9,11H,5-7,10H2,1-4H3,(H,31,32)(H,25,26,27,28). The first-order valence-corrected chi connectivity index (χ1v) is 11.9. The summed E-state index contributed by atoms with van der Waals surface area (Å²) in [5, 5.41) is 12.9. The van der Waals surface area contributed by atoms with Crippen LogP contribution in [0.1, 0.15) is 33.4 Å². The van der Waals surface area contributed by atoms with Crippen molar-refractivity contribution in [3.63, 3.8) is 0 Å². The Morgan fingerprint density at radius 3 is 2.57 bits per heavy atom. The summed E-state index contributed by atoms with van der Waals surface area (Å²) in [7, 11) is 3.27. The molecule has 5 rings (SSSR count). The van der Waals surface area contributed by atoms with Gasteiger partial charge in [-0.15, -0.1) is 0 Å². The van der Waals surface area contributed by atoms with Crippen molar-refractivity contribution in [2.75, 3.05) is 31.0 Å². The fourth-order valence-corrected chi connectivity index (χ4v) is 5.04. The molecule has 35 heavy (non-hydrogen) atoms. The summed E-state index contributed by atoms with van der Waals surface area (Å²) < 4.78 is 12.9. The third-order valence-corrected chi connectivity index (χ3v) is 7.07. The van der Waals surface area contributed by atoms with Crippen molar-refractivity contribution in [2.45, 2.75) is 33.4 Å². The van der Waals surface area contributed by atoms with Gasteiger partial charge in [0, 0.05) is 19.6 Å². The summed E-state index contributed by atoms with van der Waals surface area (Å²) in [6.07, 6.45) is 2.57. The molecule has 182 valence electrons. The van der Waals surface area contributed by atoms with E-state index in [0.717, 1.165) is 35.6 Å². The van der Waals surface area contributed by atoms with E-state index in [-0.39, 0.29) is 4.88 Å². The summed E-state index contributed by atoms with van der Waals surface area (Å²) in [5.74, 6) is 1.44. The Morgan fingerprint density at radius 1 is 1.17 bits per heavy atom. The van der Waals surface area contributed by atoms with Crippen LogP contribution in [0.15, 0.2) is 18.5 Å². The number of carbonyl (C=O) groups is 1. The molecule has 1 aliphatic rings. The molecule has 12 heteroatoms. The lowest BCUT2D eigenvalue weighted by Crippen LogP contribution is -2.31. The average Bonchev–Trinajstić information content (AvgIpc) is 3.44. The average molecular weight is 496 g/mol. The molecule has 0 radical (unpaired) electrons. The number of hydrogen-bond donors (Lipinski definition) is 2. The highest BCUT2D eigenvalue weighted by Gasteiger charge is 2.25. The molecule has 0 bridgehead atoms. The first-order valence-electron chi connectivity index (χ1n) is 11.1. The van der Waals surface area contributed by atoms with Crippen LogP contribution in [0.4, 0.5) is 16.9 Å². The van der Waals surface area contributed by atoms with Gasteiger partial charge in [0.15, 0.2) is 33.6 Å². The Bertz CT molecular complexity index is 1430. The predicted molar refractivity (Wildman–Crippen MR) is 132 cm³/mol. The molecule has 1 aliphatic heterocycles. The molecule has 0 aliphatic carbocycles. The second-order valence-corrected chi connectivity index (χ2v) is 9.08. The number of nitrogens with one attached hydrogen (secondary N) is 1. The van der Waals surface area contributed by atoms with Crippen LogP contribution in [0.2, 0.25) is 0 Å². The van der Waals surface area contributed by atoms with Gasteiger partial charge in [0.25, 0.3) is 0 Å². The number of aromatic nitrogens is 5. The maximum absolute atomic E-state index is 11.4. The molecular formula is C23H25N7O4S. The van der Waals surface area contributed by atoms with Crippen LogP contribution in [0.5, 0.6) is 11.5 Å². The van der Waals surface area contributed by atoms with Crippen molar-refractivity contribution in [3.05, 3.63) is 40.2 Å². The zero-order valence-corrected chi connectivity index (χ0v) is 20.6. The summed E-state index contributed by atoms with van der Waals surface area (Å²) in [6.45, 7) is 5.76. The molecule has 0 saturated carbocycles. The van der Waals surface area contributed by atoms with E-state index in [2.05, 4.69) is 25.2 Å². The van der Waals surface area contributed by atoms with Crippen molar-refractivity contribution >= 4 is 45.4 Å². The Balaban J connectivity index is 1.54. The van der Waals surface area contributed by atoms with Crippen molar-refractivity contribution in [1.29, 1.82) is 0 Å². The molecule has 3 aromatic heterocycles. The molecule has 0 unspecified atom stereocenters. The summed E-state index contributed by atoms with van der Waals surface area (Å²) in [4.78, 5) is 32.2. The molecule has 4 aromatic rings. The number of benzene rings is 1. The van der Waals surface area contributed by atoms with Gasteiger partial charge in [0.05, 0.1) is 26.2 Å². The van der Waals surface area contributed by atoms with Crippen molar-refractivity contribution in [1.82, 2.24) is 24.5 Å². The van der Waals surface area contributed by atoms with Crippen molar-refractivity contribution in [2.24, 2.45) is 0 Å². The number of aromatic carboxylic acids is 1. The normalized spacial score (nSPS) is 13.1. The number of aryl methyl sites for hydroxylation is 2. The van der Waals surface area contributed by atoms with E-state index in [1.165, 1.54) is 5.56 Å². The number of anilines is 3. The van der Waals surface area contributed by atoms with E-state index in [1.807, 2.05) is 23.6 Å². The Labute approximate surface area is 205 Å². The molecule has 0 spiro atoms. The van der Waals surface area contributed by atoms with E-state index in [4.69, 9.17) is 14.5 Å². The smallest absolute Gasteiger partial charge is 0.347 e. The number of rotatable bonds is 7. The topological polar surface area (TPSA) is 128 Å². The van der Waals surface area contributed by atoms with Crippen LogP contribution in [0, 0.1) is 6.92 Å². The van der Waals surface area contributed by atoms with Crippen molar-refractivity contribution in [3.8, 4) is 11.5 Å². The van der Waals surface area contributed by atoms with Crippen LogP contribution < -0.4 is 19.7 Å². The summed E-state index contributed by atoms with van der Waals surface area (Å²) >= 11 is 1.06. The molecule has 1 aromatic carbocycles. The van der Waals surface area contributed by atoms with Gasteiger partial charge in [0.1, 0.15) is 4.88 Å². The summed E-state index contributed by atoms with van der Waals surface area (Å²) in [5.41, 5.74) is 4.20. The molecular weight excluding hydrogens is 470 g/mol. The third kappa shape index (κ3) is 4.09. The number of imidazole rings is 1. The van der Waals surface area contributed by atoms with Crippen LogP contribution in [-0.4, -0.2) is 56.3 Å². The molecule has 0 fully saturated rings. The SMILES string of the molecule is CCn1cnc2c(N3CCc4cc(OC)c(OC)cc4C3)nc(Nc3nc(C)c(C(=O)O)s3)nc21. The lowest BCUT2D eigenvalue weighted by Gasteiger charge is -2.30. The Hall–Kier alpha value is -3.93. The van der Waals surface area contributed by atoms with Gasteiger partial charge in [-0.05, 0) is 43.5 Å². The van der Waals surface area contributed by atoms with Gasteiger partial charge in [-0.3, -0.25) is 5.32 Å². The van der Waals surface area contributed by atoms with Crippen LogP contribution in [0.25, 0.3) is 11.2 Å². The highest BCUT2D eigenvalue weighted by Crippen LogP contribution is 2.36. The number of hydrogen-bond acceptors (Lipinski definition) is 10. The van der Waals surface area contributed by atoms with Gasteiger partial charge in [-0.2, -0.15) is 9.97 Å². The number of methoxy groups -OCH3 is 2. The van der Waals surface area contributed by atoms with E-state index in [1.54, 1.807) is 27.5 Å². The quantitative estimate of drug-likeness (QED) is 0.392. The molecule has 0 amide bonds. The van der Waals surface area contributed by atoms with Crippen LogP contribution in [-0.2, 0) is 19.5 Å². The zero-order chi connectivity index (χ0) is 24.7. The first-order chi connectivity index (χ1) is 16.9. The number of nitrogens with zero attached hydrogens (tertiary/aromatic N) is 6. The van der Waals surface area contributed by atoms with Gasteiger partial charge in [0.2, 0.25) is 5.95 Å². The fourth-order valence-electron chi connectivity index (χ4n) is 4.25. The number of carboxylic acid groups (broad SMARTS) is 1. The van der Waals surface area contributed by atoms with E-state index < -0.39 is 5.97 Å². The van der Waals surface area contributed by atoms with E-state index in [9.17, 15) is 9.90 Å². The monoisotopic (exact) mass is 495 g/mol. The van der Waals surface area contributed by atoms with Crippen LogP contribution >= 0.6 is 11.3 Å². The lowest BCUT2D eigenvalue weighted by molar-refractivity contribution is 0.0701. The molecule has 0 atom stereocenters. The zero-order valence-electron chi connectivity index (χ0n) is 19.8. The Morgan fingerprint density at radius 2 is 1.91 bits per heavy atom. The third-order valence-electron chi connectivity index (χ3n) is 6.01. The van der Waals surface area contributed by atoms with Gasteiger partial charge in [-0.25, -0.2) is 14.8 Å². The maximum Gasteiger partial charge on any atom is 0.347 e. The molecule has 4 heterocycles. The first kappa shape index (κ1) is 22.8. The van der Waals surface area contributed by atoms with E-state index in [0.29, 0.717) is 52.6 Å². The van der Waals surface area contributed by atoms with E-state index >= 15 is 0 Å². The summed E-state index contributed by atoms with van der Waals surface area (Å²) in [6, 6.07) is 4.04. The van der Waals surface area contributed by atoms with Gasteiger partial charge in [-0.1, -0.05) is 11.3 Å². The largest absolute Gasteiger partial charge is 0.493 e. The van der Waals surface area contributed by atoms with Crippen LogP contribution in [0.3, 0.4) is 0 Å². The van der Waals surface area contributed by atoms with Crippen molar-refractivity contribution < 1.29 is 19.4 Å². The minimum Gasteiger partial charge on any atom is -0.493 e. The lowest BCUT2D eigenvalue weighted by atomic mass is 9.98. The molecule has 2 N–H and O–H groups in total. The highest BCUT2D eigenvalue weighted by molar-refractivity contribution is 7.17. The Kier molecular flexibility index (Phi) is 5.89. The fraction of sp³-hybridized carbons (Fsp3) is 0.348. The predicted octanol–water partition coefficient (Wildman–Crippen LogP) is 3.63. The maximum atomic E-state index is 11.4. The molecule has 0 saturated heterocycles. The highest BCUT2D eigenvalue weighted by atomic mass is 32.1. The number of fused-ring (bicyclic) bond motifs is 2. The minimum absolute atomic E-state index is 0.185. The second-order valence-electron chi connectivity index (χ2n) is 8.08. The number of thiazole rings is 1. The second kappa shape index (κ2) is 9.02. The molecule has 11 nitrogen and oxygen atoms in total.